The summed E-state index contributed by atoms with van der Waals surface area (Å²) in [6.45, 7) is 6.23. The van der Waals surface area contributed by atoms with E-state index in [1.807, 2.05) is 42.5 Å². The highest BCUT2D eigenvalue weighted by molar-refractivity contribution is 6.38. The zero-order valence-corrected chi connectivity index (χ0v) is 23.8. The van der Waals surface area contributed by atoms with Crippen LogP contribution in [0.25, 0.3) is 10.9 Å². The van der Waals surface area contributed by atoms with Crippen LogP contribution in [0.3, 0.4) is 0 Å². The number of carbonyl (C=O) groups is 1. The van der Waals surface area contributed by atoms with E-state index in [2.05, 4.69) is 39.6 Å². The van der Waals surface area contributed by atoms with Crippen molar-refractivity contribution >= 4 is 51.5 Å². The molecule has 1 aliphatic rings. The Hall–Kier alpha value is -3.46. The van der Waals surface area contributed by atoms with Crippen LogP contribution in [0.15, 0.2) is 48.5 Å². The minimum absolute atomic E-state index is 0.219. The van der Waals surface area contributed by atoms with Gasteiger partial charge in [0.05, 0.1) is 29.8 Å². The maximum absolute atomic E-state index is 13.0. The van der Waals surface area contributed by atoms with Crippen molar-refractivity contribution in [1.29, 1.82) is 0 Å². The third kappa shape index (κ3) is 5.64. The number of methoxy groups -OCH3 is 2. The number of aromatic amines is 1. The van der Waals surface area contributed by atoms with Gasteiger partial charge >= 0.3 is 0 Å². The van der Waals surface area contributed by atoms with E-state index >= 15 is 0 Å². The fraction of sp³-hybridized carbons (Fsp3) is 0.310. The first-order valence-electron chi connectivity index (χ1n) is 12.8. The standard InChI is InChI=1S/C29H31Cl2N5O3/c1-16-14-36(15-17(2)32-16)20-8-6-19(7-9-20)29(37)33-28-21-10-5-18(12-23(21)34-35-28)11-22-26(30)24(38-3)13-25(39-4)27(22)31/h5-10,12-13,16-17,32H,11,14-15H2,1-4H3,(H2,33,34,35,37)/t16-,17+. The predicted molar refractivity (Wildman–Crippen MR) is 157 cm³/mol. The molecular weight excluding hydrogens is 537 g/mol. The fourth-order valence-corrected chi connectivity index (χ4v) is 5.74. The second-order valence-corrected chi connectivity index (χ2v) is 10.6. The number of benzene rings is 3. The lowest BCUT2D eigenvalue weighted by Gasteiger charge is -2.37. The molecule has 0 radical (unpaired) electrons. The lowest BCUT2D eigenvalue weighted by Crippen LogP contribution is -2.54. The fourth-order valence-electron chi connectivity index (χ4n) is 5.11. The van der Waals surface area contributed by atoms with Crippen LogP contribution in [-0.4, -0.2) is 55.5 Å². The summed E-state index contributed by atoms with van der Waals surface area (Å²) in [5.41, 5.74) is 4.12. The van der Waals surface area contributed by atoms with Crippen LogP contribution in [0.5, 0.6) is 11.5 Å². The molecule has 2 heterocycles. The average molecular weight is 569 g/mol. The molecular formula is C29H31Cl2N5O3. The predicted octanol–water partition coefficient (Wildman–Crippen LogP) is 5.92. The van der Waals surface area contributed by atoms with Crippen molar-refractivity contribution in [2.45, 2.75) is 32.4 Å². The molecule has 1 aliphatic heterocycles. The Labute approximate surface area is 237 Å². The normalized spacial score (nSPS) is 17.3. The van der Waals surface area contributed by atoms with E-state index in [1.165, 1.54) is 0 Å². The summed E-state index contributed by atoms with van der Waals surface area (Å²) in [6, 6.07) is 16.0. The molecule has 4 aromatic rings. The zero-order chi connectivity index (χ0) is 27.7. The van der Waals surface area contributed by atoms with Gasteiger partial charge in [-0.1, -0.05) is 29.3 Å². The molecule has 0 aliphatic carbocycles. The molecule has 0 bridgehead atoms. The van der Waals surface area contributed by atoms with Crippen LogP contribution in [0.1, 0.15) is 35.3 Å². The van der Waals surface area contributed by atoms with E-state index in [0.29, 0.717) is 57.0 Å². The van der Waals surface area contributed by atoms with Gasteiger partial charge in [0.2, 0.25) is 0 Å². The first-order valence-corrected chi connectivity index (χ1v) is 13.5. The highest BCUT2D eigenvalue weighted by atomic mass is 35.5. The number of halogens is 2. The van der Waals surface area contributed by atoms with Crippen LogP contribution >= 0.6 is 23.2 Å². The van der Waals surface area contributed by atoms with Crippen molar-refractivity contribution in [3.63, 3.8) is 0 Å². The first kappa shape index (κ1) is 27.1. The van der Waals surface area contributed by atoms with E-state index < -0.39 is 0 Å². The monoisotopic (exact) mass is 567 g/mol. The number of nitrogens with zero attached hydrogens (tertiary/aromatic N) is 2. The molecule has 2 atom stereocenters. The summed E-state index contributed by atoms with van der Waals surface area (Å²) in [5, 5.41) is 15.5. The molecule has 1 aromatic heterocycles. The van der Waals surface area contributed by atoms with Crippen molar-refractivity contribution in [3.05, 3.63) is 75.3 Å². The number of rotatable bonds is 7. The molecule has 5 rings (SSSR count). The first-order chi connectivity index (χ1) is 18.8. The number of nitrogens with one attached hydrogen (secondary N) is 3. The molecule has 1 saturated heterocycles. The van der Waals surface area contributed by atoms with Crippen LogP contribution < -0.4 is 25.0 Å². The minimum atomic E-state index is -0.219. The van der Waals surface area contributed by atoms with Gasteiger partial charge in [-0.2, -0.15) is 5.10 Å². The number of fused-ring (bicyclic) bond motifs is 1. The molecule has 1 amide bonds. The van der Waals surface area contributed by atoms with Gasteiger partial charge in [-0.25, -0.2) is 0 Å². The SMILES string of the molecule is COc1cc(OC)c(Cl)c(Cc2ccc3c(NC(=O)c4ccc(N5C[C@@H](C)N[C@@H](C)C5)cc4)n[nH]c3c2)c1Cl. The molecule has 204 valence electrons. The molecule has 0 spiro atoms. The van der Waals surface area contributed by atoms with E-state index in [9.17, 15) is 4.79 Å². The molecule has 0 saturated carbocycles. The molecule has 3 N–H and O–H groups in total. The molecule has 10 heteroatoms. The highest BCUT2D eigenvalue weighted by Crippen LogP contribution is 2.41. The number of H-pyrrole nitrogens is 1. The molecule has 1 fully saturated rings. The number of amides is 1. The summed E-state index contributed by atoms with van der Waals surface area (Å²) in [6.07, 6.45) is 0.457. The van der Waals surface area contributed by atoms with Gasteiger partial charge < -0.3 is 25.0 Å². The largest absolute Gasteiger partial charge is 0.495 e. The quantitative estimate of drug-likeness (QED) is 0.257. The molecule has 8 nitrogen and oxygen atoms in total. The molecule has 39 heavy (non-hydrogen) atoms. The summed E-state index contributed by atoms with van der Waals surface area (Å²) in [4.78, 5) is 15.4. The van der Waals surface area contributed by atoms with Crippen LogP contribution in [0.4, 0.5) is 11.5 Å². The second kappa shape index (κ2) is 11.3. The Kier molecular flexibility index (Phi) is 7.88. The lowest BCUT2D eigenvalue weighted by atomic mass is 10.0. The van der Waals surface area contributed by atoms with Gasteiger partial charge in [-0.3, -0.25) is 9.89 Å². The van der Waals surface area contributed by atoms with Crippen molar-refractivity contribution in [2.75, 3.05) is 37.5 Å². The van der Waals surface area contributed by atoms with Crippen LogP contribution in [0, 0.1) is 0 Å². The lowest BCUT2D eigenvalue weighted by molar-refractivity contribution is 0.102. The van der Waals surface area contributed by atoms with E-state index in [1.54, 1.807) is 20.3 Å². The minimum Gasteiger partial charge on any atom is -0.495 e. The number of carbonyl (C=O) groups excluding carboxylic acids is 1. The number of hydrogen-bond donors (Lipinski definition) is 3. The topological polar surface area (TPSA) is 91.5 Å². The molecule has 3 aromatic carbocycles. The van der Waals surface area contributed by atoms with Gasteiger partial charge in [0, 0.05) is 59.9 Å². The smallest absolute Gasteiger partial charge is 0.256 e. The number of ether oxygens (including phenoxy) is 2. The summed E-state index contributed by atoms with van der Waals surface area (Å²) in [5.74, 6) is 1.23. The Morgan fingerprint density at radius 3 is 2.26 bits per heavy atom. The Bertz CT molecular complexity index is 1470. The van der Waals surface area contributed by atoms with Gasteiger partial charge in [0.25, 0.3) is 5.91 Å². The number of aromatic nitrogens is 2. The van der Waals surface area contributed by atoms with Gasteiger partial charge in [-0.05, 0) is 55.8 Å². The number of anilines is 2. The van der Waals surface area contributed by atoms with E-state index in [-0.39, 0.29) is 5.91 Å². The van der Waals surface area contributed by atoms with Crippen molar-refractivity contribution < 1.29 is 14.3 Å². The third-order valence-electron chi connectivity index (χ3n) is 6.96. The number of hydrogen-bond acceptors (Lipinski definition) is 6. The van der Waals surface area contributed by atoms with Crippen LogP contribution in [0.2, 0.25) is 10.0 Å². The van der Waals surface area contributed by atoms with E-state index in [4.69, 9.17) is 32.7 Å². The molecule has 0 unspecified atom stereocenters. The van der Waals surface area contributed by atoms with E-state index in [0.717, 1.165) is 35.2 Å². The van der Waals surface area contributed by atoms with Crippen LogP contribution in [-0.2, 0) is 6.42 Å². The van der Waals surface area contributed by atoms with Gasteiger partial charge in [-0.15, -0.1) is 0 Å². The third-order valence-corrected chi connectivity index (χ3v) is 7.79. The summed E-state index contributed by atoms with van der Waals surface area (Å²) >= 11 is 13.1. The Morgan fingerprint density at radius 2 is 1.64 bits per heavy atom. The maximum Gasteiger partial charge on any atom is 0.256 e. The van der Waals surface area contributed by atoms with Gasteiger partial charge in [0.1, 0.15) is 11.5 Å². The Balaban J connectivity index is 1.31. The second-order valence-electron chi connectivity index (χ2n) is 9.89. The number of piperazine rings is 1. The van der Waals surface area contributed by atoms with Gasteiger partial charge in [0.15, 0.2) is 5.82 Å². The average Bonchev–Trinajstić information content (AvgIpc) is 3.32. The zero-order valence-electron chi connectivity index (χ0n) is 22.3. The summed E-state index contributed by atoms with van der Waals surface area (Å²) < 4.78 is 10.8. The van der Waals surface area contributed by atoms with Crippen molar-refractivity contribution in [2.24, 2.45) is 0 Å². The Morgan fingerprint density at radius 1 is 1.00 bits per heavy atom. The summed E-state index contributed by atoms with van der Waals surface area (Å²) in [7, 11) is 3.10. The van der Waals surface area contributed by atoms with Crippen molar-refractivity contribution in [3.8, 4) is 11.5 Å². The van der Waals surface area contributed by atoms with Crippen molar-refractivity contribution in [1.82, 2.24) is 15.5 Å². The maximum atomic E-state index is 13.0. The highest BCUT2D eigenvalue weighted by Gasteiger charge is 2.22.